The van der Waals surface area contributed by atoms with Gasteiger partial charge < -0.3 is 30.7 Å². The molecule has 0 radical (unpaired) electrons. The zero-order valence-electron chi connectivity index (χ0n) is 24.2. The van der Waals surface area contributed by atoms with E-state index in [0.29, 0.717) is 55.9 Å². The number of carbonyl (C=O) groups is 3. The molecule has 1 atom stereocenters. The Balaban J connectivity index is 1.24. The van der Waals surface area contributed by atoms with Crippen LogP contribution in [0.15, 0.2) is 23.6 Å². The van der Waals surface area contributed by atoms with Crippen molar-refractivity contribution in [1.82, 2.24) is 19.6 Å². The Morgan fingerprint density at radius 1 is 1.12 bits per heavy atom. The molecule has 4 amide bonds. The molecule has 11 heteroatoms. The lowest BCUT2D eigenvalue weighted by molar-refractivity contribution is -0.143. The minimum atomic E-state index is -0.472. The average molecular weight is 601 g/mol. The summed E-state index contributed by atoms with van der Waals surface area (Å²) < 4.78 is 0. The summed E-state index contributed by atoms with van der Waals surface area (Å²) in [6, 6.07) is 6.22. The second-order valence-corrected chi connectivity index (χ2v) is 13.3. The van der Waals surface area contributed by atoms with Gasteiger partial charge in [0.2, 0.25) is 11.8 Å². The molecule has 2 aromatic rings. The summed E-state index contributed by atoms with van der Waals surface area (Å²) in [5.41, 5.74) is 9.30. The highest BCUT2D eigenvalue weighted by atomic mass is 35.5. The number of thiophene rings is 1. The molecule has 222 valence electrons. The number of halogens is 1. The van der Waals surface area contributed by atoms with Gasteiger partial charge in [-0.05, 0) is 81.8 Å². The van der Waals surface area contributed by atoms with E-state index < -0.39 is 5.92 Å². The van der Waals surface area contributed by atoms with E-state index in [1.165, 1.54) is 0 Å². The largest absolute Gasteiger partial charge is 0.397 e. The van der Waals surface area contributed by atoms with Crippen molar-refractivity contribution in [3.63, 3.8) is 0 Å². The van der Waals surface area contributed by atoms with Gasteiger partial charge in [-0.25, -0.2) is 4.79 Å². The van der Waals surface area contributed by atoms with Gasteiger partial charge in [-0.3, -0.25) is 9.59 Å². The minimum Gasteiger partial charge on any atom is -0.397 e. The predicted molar refractivity (Wildman–Crippen MR) is 164 cm³/mol. The van der Waals surface area contributed by atoms with Crippen molar-refractivity contribution in [2.24, 2.45) is 5.92 Å². The molecule has 0 bridgehead atoms. The van der Waals surface area contributed by atoms with Gasteiger partial charge in [0.1, 0.15) is 0 Å². The van der Waals surface area contributed by atoms with Gasteiger partial charge in [-0.1, -0.05) is 17.7 Å². The molecular formula is C30H41ClN6O3S. The molecule has 2 saturated heterocycles. The third kappa shape index (κ3) is 6.65. The van der Waals surface area contributed by atoms with Crippen LogP contribution in [0.4, 0.5) is 16.2 Å². The second kappa shape index (κ2) is 12.6. The van der Waals surface area contributed by atoms with E-state index in [9.17, 15) is 14.4 Å². The summed E-state index contributed by atoms with van der Waals surface area (Å²) >= 11 is 8.03. The van der Waals surface area contributed by atoms with Crippen molar-refractivity contribution < 1.29 is 14.4 Å². The predicted octanol–water partition coefficient (Wildman–Crippen LogP) is 4.43. The Bertz CT molecular complexity index is 1260. The van der Waals surface area contributed by atoms with Crippen LogP contribution < -0.4 is 11.1 Å². The van der Waals surface area contributed by atoms with E-state index in [2.05, 4.69) is 24.3 Å². The maximum absolute atomic E-state index is 13.8. The Labute approximate surface area is 251 Å². The Morgan fingerprint density at radius 3 is 2.46 bits per heavy atom. The quantitative estimate of drug-likeness (QED) is 0.458. The van der Waals surface area contributed by atoms with Crippen LogP contribution in [0.25, 0.3) is 0 Å². The number of fused-ring (bicyclic) bond motifs is 1. The molecule has 0 spiro atoms. The second-order valence-electron chi connectivity index (χ2n) is 11.9. The molecule has 41 heavy (non-hydrogen) atoms. The summed E-state index contributed by atoms with van der Waals surface area (Å²) in [7, 11) is 4.16. The molecule has 0 unspecified atom stereocenters. The molecule has 3 N–H and O–H groups in total. The average Bonchev–Trinajstić information content (AvgIpc) is 3.42. The number of hydrogen-bond acceptors (Lipinski definition) is 6. The lowest BCUT2D eigenvalue weighted by Gasteiger charge is -2.40. The zero-order valence-corrected chi connectivity index (χ0v) is 25.8. The molecule has 9 nitrogen and oxygen atoms in total. The fraction of sp³-hybridized carbons (Fsp3) is 0.567. The standard InChI is InChI=1S/C30H41ClN6O3S/c1-19-14-20(16-24(31)28(19)32)15-21(29(39)36-11-4-22(5-12-36)34(2)3)17-27(38)35-9-6-23(7-10-35)37-18-26-25(8-13-41-26)33-30(37)40/h8,13-14,16,21-23H,4-7,9-12,15,17-18,32H2,1-3H3,(H,33,40)/t21-/m0/s1. The molecule has 5 rings (SSSR count). The first kappa shape index (κ1) is 29.7. The van der Waals surface area contributed by atoms with Crippen molar-refractivity contribution in [1.29, 1.82) is 0 Å². The maximum Gasteiger partial charge on any atom is 0.322 e. The van der Waals surface area contributed by atoms with Crippen LogP contribution in [-0.4, -0.2) is 89.8 Å². The molecule has 0 saturated carbocycles. The first-order valence-electron chi connectivity index (χ1n) is 14.5. The van der Waals surface area contributed by atoms with Crippen LogP contribution in [0.5, 0.6) is 0 Å². The molecule has 2 fully saturated rings. The smallest absolute Gasteiger partial charge is 0.322 e. The monoisotopic (exact) mass is 600 g/mol. The van der Waals surface area contributed by atoms with Crippen LogP contribution in [0, 0.1) is 12.8 Å². The van der Waals surface area contributed by atoms with E-state index >= 15 is 0 Å². The normalized spacial score (nSPS) is 19.3. The number of nitrogens with two attached hydrogens (primary N) is 1. The number of nitrogens with zero attached hydrogens (tertiary/aromatic N) is 4. The van der Waals surface area contributed by atoms with Crippen LogP contribution in [0.3, 0.4) is 0 Å². The van der Waals surface area contributed by atoms with Gasteiger partial charge in [0, 0.05) is 49.6 Å². The van der Waals surface area contributed by atoms with E-state index in [1.54, 1.807) is 11.3 Å². The van der Waals surface area contributed by atoms with Crippen molar-refractivity contribution in [2.75, 3.05) is 51.3 Å². The fourth-order valence-electron chi connectivity index (χ4n) is 6.39. The fourth-order valence-corrected chi connectivity index (χ4v) is 7.50. The van der Waals surface area contributed by atoms with E-state index in [4.69, 9.17) is 17.3 Å². The van der Waals surface area contributed by atoms with Crippen LogP contribution in [-0.2, 0) is 22.6 Å². The number of amides is 4. The number of nitrogens with one attached hydrogen (secondary N) is 1. The number of carbonyl (C=O) groups excluding carboxylic acids is 3. The van der Waals surface area contributed by atoms with Crippen LogP contribution >= 0.6 is 22.9 Å². The summed E-state index contributed by atoms with van der Waals surface area (Å²) in [5.74, 6) is -0.444. The number of hydrogen-bond donors (Lipinski definition) is 2. The highest BCUT2D eigenvalue weighted by Gasteiger charge is 2.35. The van der Waals surface area contributed by atoms with Gasteiger partial charge in [-0.2, -0.15) is 0 Å². The van der Waals surface area contributed by atoms with Gasteiger partial charge in [0.25, 0.3) is 0 Å². The SMILES string of the molecule is Cc1cc(C[C@@H](CC(=O)N2CCC(N3Cc4sccc4NC3=O)CC2)C(=O)N2CCC(N(C)C)CC2)cc(Cl)c1N. The van der Waals surface area contributed by atoms with Crippen LogP contribution in [0.1, 0.15) is 48.1 Å². The van der Waals surface area contributed by atoms with E-state index in [0.717, 1.165) is 47.4 Å². The van der Waals surface area contributed by atoms with Crippen molar-refractivity contribution in [3.8, 4) is 0 Å². The van der Waals surface area contributed by atoms with Crippen molar-refractivity contribution in [2.45, 2.75) is 64.1 Å². The number of rotatable bonds is 7. The van der Waals surface area contributed by atoms with Gasteiger partial charge >= 0.3 is 6.03 Å². The summed E-state index contributed by atoms with van der Waals surface area (Å²) in [4.78, 5) is 49.3. The number of benzene rings is 1. The number of piperidine rings is 2. The molecule has 3 aliphatic rings. The Hall–Kier alpha value is -2.82. The van der Waals surface area contributed by atoms with Gasteiger partial charge in [0.15, 0.2) is 0 Å². The number of likely N-dealkylation sites (tertiary alicyclic amines) is 2. The molecule has 1 aromatic heterocycles. The third-order valence-corrected chi connectivity index (χ3v) is 10.2. The highest BCUT2D eigenvalue weighted by Crippen LogP contribution is 2.32. The third-order valence-electron chi connectivity index (χ3n) is 8.97. The zero-order chi connectivity index (χ0) is 29.3. The Kier molecular flexibility index (Phi) is 9.11. The van der Waals surface area contributed by atoms with Gasteiger partial charge in [0.05, 0.1) is 28.9 Å². The number of aryl methyl sites for hydroxylation is 1. The summed E-state index contributed by atoms with van der Waals surface area (Å²) in [6.45, 7) is 5.07. The number of anilines is 2. The lowest BCUT2D eigenvalue weighted by atomic mass is 9.91. The van der Waals surface area contributed by atoms with Gasteiger partial charge in [-0.15, -0.1) is 11.3 Å². The lowest BCUT2D eigenvalue weighted by Crippen LogP contribution is -2.51. The number of nitrogen functional groups attached to an aromatic ring is 1. The molecule has 1 aromatic carbocycles. The van der Waals surface area contributed by atoms with Crippen LogP contribution in [0.2, 0.25) is 5.02 Å². The first-order valence-corrected chi connectivity index (χ1v) is 15.8. The maximum atomic E-state index is 13.8. The molecule has 4 heterocycles. The molecular weight excluding hydrogens is 560 g/mol. The topological polar surface area (TPSA) is 102 Å². The number of urea groups is 1. The first-order chi connectivity index (χ1) is 19.6. The molecule has 3 aliphatic heterocycles. The summed E-state index contributed by atoms with van der Waals surface area (Å²) in [5, 5.41) is 5.46. The highest BCUT2D eigenvalue weighted by molar-refractivity contribution is 7.10. The minimum absolute atomic E-state index is 0.00752. The Morgan fingerprint density at radius 2 is 1.80 bits per heavy atom. The molecule has 0 aliphatic carbocycles. The van der Waals surface area contributed by atoms with Crippen molar-refractivity contribution >= 4 is 52.2 Å². The van der Waals surface area contributed by atoms with Crippen molar-refractivity contribution in [3.05, 3.63) is 44.6 Å². The van der Waals surface area contributed by atoms with E-state index in [-0.39, 0.29) is 30.3 Å². The van der Waals surface area contributed by atoms with E-state index in [1.807, 2.05) is 45.2 Å². The summed E-state index contributed by atoms with van der Waals surface area (Å²) in [6.07, 6.45) is 3.90.